The molecular weight excluding hydrogens is 297 g/mol. The summed E-state index contributed by atoms with van der Waals surface area (Å²) in [5, 5.41) is 19.6. The fourth-order valence-corrected chi connectivity index (χ4v) is 1.82. The van der Waals surface area contributed by atoms with Crippen molar-refractivity contribution in [2.45, 2.75) is 51.0 Å². The highest BCUT2D eigenvalue weighted by molar-refractivity contribution is 7.16. The van der Waals surface area contributed by atoms with Gasteiger partial charge in [-0.2, -0.15) is 0 Å². The van der Waals surface area contributed by atoms with Gasteiger partial charge in [-0.05, 0) is 25.4 Å². The van der Waals surface area contributed by atoms with Crippen molar-refractivity contribution in [3.8, 4) is 0 Å². The van der Waals surface area contributed by atoms with Crippen LogP contribution in [-0.4, -0.2) is 46.0 Å². The van der Waals surface area contributed by atoms with Crippen LogP contribution < -0.4 is 5.32 Å². The van der Waals surface area contributed by atoms with Crippen LogP contribution in [0.3, 0.4) is 0 Å². The normalized spacial score (nSPS) is 13.9. The number of carboxylic acids is 2. The number of carbonyl (C=O) groups is 4. The standard InChI is InChI=1S/C13H22NO6P/c15-9(3-1-2-8-21)4-6-11(16)14-10(13(19)20)5-7-12(17)18/h10H,1-8,21H2,(H,14,16)(H,17,18)(H,19,20)/t10-/m1/s1/i8T/t8?,10-. The van der Waals surface area contributed by atoms with Gasteiger partial charge >= 0.3 is 11.9 Å². The molecule has 0 aromatic heterocycles. The number of ketones is 1. The van der Waals surface area contributed by atoms with Crippen LogP contribution in [0.25, 0.3) is 0 Å². The van der Waals surface area contributed by atoms with E-state index in [2.05, 4.69) is 14.6 Å². The second-order valence-electron chi connectivity index (χ2n) is 4.56. The minimum Gasteiger partial charge on any atom is -0.481 e. The van der Waals surface area contributed by atoms with Crippen molar-refractivity contribution in [2.24, 2.45) is 0 Å². The van der Waals surface area contributed by atoms with E-state index in [-0.39, 0.29) is 37.6 Å². The average molecular weight is 321 g/mol. The molecule has 21 heavy (non-hydrogen) atoms. The first-order valence-corrected chi connectivity index (χ1v) is 7.32. The molecule has 0 rings (SSSR count). The van der Waals surface area contributed by atoms with E-state index in [1.165, 1.54) is 0 Å². The van der Waals surface area contributed by atoms with Crippen molar-refractivity contribution in [2.75, 3.05) is 6.14 Å². The van der Waals surface area contributed by atoms with Gasteiger partial charge in [-0.1, -0.05) is 0 Å². The number of nitrogens with one attached hydrogen (secondary N) is 1. The summed E-state index contributed by atoms with van der Waals surface area (Å²) >= 11 is 0. The molecule has 2 unspecified atom stereocenters. The molecule has 3 atom stereocenters. The Morgan fingerprint density at radius 2 is 1.71 bits per heavy atom. The molecule has 3 N–H and O–H groups in total. The first-order chi connectivity index (χ1) is 10.2. The van der Waals surface area contributed by atoms with Crippen molar-refractivity contribution in [1.82, 2.24) is 5.32 Å². The van der Waals surface area contributed by atoms with E-state index in [0.717, 1.165) is 0 Å². The van der Waals surface area contributed by atoms with E-state index in [9.17, 15) is 19.2 Å². The van der Waals surface area contributed by atoms with Gasteiger partial charge in [0, 0.05) is 27.1 Å². The van der Waals surface area contributed by atoms with E-state index in [0.29, 0.717) is 19.3 Å². The molecule has 0 bridgehead atoms. The second-order valence-corrected chi connectivity index (χ2v) is 5.03. The van der Waals surface area contributed by atoms with Gasteiger partial charge in [0.1, 0.15) is 11.8 Å². The molecule has 0 aromatic carbocycles. The van der Waals surface area contributed by atoms with Crippen molar-refractivity contribution in [3.05, 3.63) is 0 Å². The SMILES string of the molecule is [3H]C(P)CCCC(=O)CCC(=O)N[C@H](CCC(=O)O)C(=O)O. The molecule has 0 aromatic rings. The lowest BCUT2D eigenvalue weighted by Crippen LogP contribution is -2.41. The lowest BCUT2D eigenvalue weighted by Gasteiger charge is -2.13. The quantitative estimate of drug-likeness (QED) is 0.458. The van der Waals surface area contributed by atoms with Gasteiger partial charge in [0.05, 0.1) is 0 Å². The second kappa shape index (κ2) is 11.2. The van der Waals surface area contributed by atoms with Gasteiger partial charge in [0.2, 0.25) is 5.91 Å². The Morgan fingerprint density at radius 1 is 1.05 bits per heavy atom. The summed E-state index contributed by atoms with van der Waals surface area (Å²) in [7, 11) is 2.32. The third-order valence-electron chi connectivity index (χ3n) is 2.74. The number of Topliss-reactive ketones (excluding diaryl/α,β-unsaturated/α-hetero) is 1. The number of aliphatic carboxylic acids is 2. The summed E-state index contributed by atoms with van der Waals surface area (Å²) in [6.45, 7) is 0. The van der Waals surface area contributed by atoms with Crippen molar-refractivity contribution < 1.29 is 30.8 Å². The van der Waals surface area contributed by atoms with Crippen LogP contribution >= 0.6 is 9.24 Å². The fraction of sp³-hybridized carbons (Fsp3) is 0.692. The summed E-state index contributed by atoms with van der Waals surface area (Å²) in [6, 6.07) is -1.26. The molecule has 0 aliphatic rings. The van der Waals surface area contributed by atoms with Gasteiger partial charge in [0.15, 0.2) is 0 Å². The van der Waals surface area contributed by atoms with Crippen molar-refractivity contribution in [1.29, 1.82) is 0 Å². The summed E-state index contributed by atoms with van der Waals surface area (Å²) in [4.78, 5) is 44.4. The number of rotatable bonds is 12. The first-order valence-electron chi connectivity index (χ1n) is 7.23. The predicted molar refractivity (Wildman–Crippen MR) is 79.1 cm³/mol. The predicted octanol–water partition coefficient (Wildman–Crippen LogP) is 0.815. The van der Waals surface area contributed by atoms with Crippen LogP contribution in [0.4, 0.5) is 0 Å². The zero-order valence-electron chi connectivity index (χ0n) is 12.7. The van der Waals surface area contributed by atoms with E-state index in [1.807, 2.05) is 0 Å². The van der Waals surface area contributed by atoms with Gasteiger partial charge in [-0.3, -0.25) is 14.4 Å². The number of hydrogen-bond donors (Lipinski definition) is 3. The number of amides is 1. The molecule has 0 saturated carbocycles. The van der Waals surface area contributed by atoms with Gasteiger partial charge in [0.25, 0.3) is 0 Å². The van der Waals surface area contributed by atoms with Crippen molar-refractivity contribution in [3.63, 3.8) is 0 Å². The molecule has 7 nitrogen and oxygen atoms in total. The Balaban J connectivity index is 4.05. The summed E-state index contributed by atoms with van der Waals surface area (Å²) in [6.07, 6.45) is 0.466. The molecule has 1 amide bonds. The number of hydrogen-bond acceptors (Lipinski definition) is 4. The Hall–Kier alpha value is -1.49. The molecule has 0 aliphatic heterocycles. The Bertz CT molecular complexity index is 415. The fourth-order valence-electron chi connectivity index (χ4n) is 1.59. The molecule has 0 heterocycles. The van der Waals surface area contributed by atoms with Gasteiger partial charge < -0.3 is 15.5 Å². The topological polar surface area (TPSA) is 121 Å². The largest absolute Gasteiger partial charge is 0.481 e. The van der Waals surface area contributed by atoms with E-state index in [4.69, 9.17) is 11.6 Å². The Morgan fingerprint density at radius 3 is 2.24 bits per heavy atom. The summed E-state index contributed by atoms with van der Waals surface area (Å²) in [5.74, 6) is -3.14. The molecule has 120 valence electrons. The number of carbonyl (C=O) groups excluding carboxylic acids is 2. The molecular formula is C13H22NO6P. The van der Waals surface area contributed by atoms with Crippen LogP contribution in [-0.2, 0) is 19.2 Å². The highest BCUT2D eigenvalue weighted by Gasteiger charge is 2.21. The molecule has 0 spiro atoms. The maximum absolute atomic E-state index is 11.6. The third kappa shape index (κ3) is 10.9. The minimum atomic E-state index is -1.30. The summed E-state index contributed by atoms with van der Waals surface area (Å²) in [5.41, 5.74) is 0. The number of carboxylic acid groups (broad SMARTS) is 2. The van der Waals surface area contributed by atoms with Crippen LogP contribution in [0, 0.1) is 0 Å². The summed E-state index contributed by atoms with van der Waals surface area (Å²) < 4.78 is 7.27. The van der Waals surface area contributed by atoms with Crippen LogP contribution in [0.15, 0.2) is 0 Å². The lowest BCUT2D eigenvalue weighted by molar-refractivity contribution is -0.143. The van der Waals surface area contributed by atoms with E-state index < -0.39 is 23.9 Å². The van der Waals surface area contributed by atoms with Crippen LogP contribution in [0.2, 0.25) is 0 Å². The molecule has 8 heteroatoms. The van der Waals surface area contributed by atoms with Gasteiger partial charge in [-0.25, -0.2) is 4.79 Å². The minimum absolute atomic E-state index is 0.0105. The average Bonchev–Trinajstić information content (AvgIpc) is 2.40. The van der Waals surface area contributed by atoms with Crippen molar-refractivity contribution >= 4 is 32.9 Å². The molecule has 0 radical (unpaired) electrons. The lowest BCUT2D eigenvalue weighted by atomic mass is 10.1. The molecule has 0 aliphatic carbocycles. The molecule has 0 saturated heterocycles. The maximum atomic E-state index is 11.6. The van der Waals surface area contributed by atoms with Crippen LogP contribution in [0.5, 0.6) is 0 Å². The Labute approximate surface area is 127 Å². The monoisotopic (exact) mass is 321 g/mol. The zero-order valence-corrected chi connectivity index (χ0v) is 12.9. The Kier molecular flexibility index (Phi) is 9.37. The first kappa shape index (κ1) is 17.6. The van der Waals surface area contributed by atoms with E-state index in [1.54, 1.807) is 0 Å². The highest BCUT2D eigenvalue weighted by atomic mass is 31.0. The maximum Gasteiger partial charge on any atom is 0.326 e. The third-order valence-corrected chi connectivity index (χ3v) is 3.07. The zero-order chi connectivity index (χ0) is 17.1. The van der Waals surface area contributed by atoms with Crippen LogP contribution in [0.1, 0.15) is 46.3 Å². The van der Waals surface area contributed by atoms with E-state index >= 15 is 0 Å². The highest BCUT2D eigenvalue weighted by Crippen LogP contribution is 2.04. The smallest absolute Gasteiger partial charge is 0.326 e. The molecule has 0 fully saturated rings. The van der Waals surface area contributed by atoms with Gasteiger partial charge in [-0.15, -0.1) is 9.24 Å².